The van der Waals surface area contributed by atoms with E-state index in [-0.39, 0.29) is 5.56 Å². The fraction of sp³-hybridized carbons (Fsp3) is 0.538. The van der Waals surface area contributed by atoms with Crippen LogP contribution in [0, 0.1) is 0 Å². The van der Waals surface area contributed by atoms with Gasteiger partial charge >= 0.3 is 0 Å². The van der Waals surface area contributed by atoms with Crippen LogP contribution in [0.5, 0.6) is 5.75 Å². The first-order valence-corrected chi connectivity index (χ1v) is 6.36. The van der Waals surface area contributed by atoms with Crippen LogP contribution in [0.3, 0.4) is 0 Å². The maximum atomic E-state index is 6.18. The zero-order chi connectivity index (χ0) is 11.2. The van der Waals surface area contributed by atoms with Crippen LogP contribution >= 0.6 is 11.6 Å². The molecule has 1 unspecified atom stereocenters. The summed E-state index contributed by atoms with van der Waals surface area (Å²) in [4.78, 5) is 2.38. The molecule has 1 atom stereocenters. The minimum atomic E-state index is -0.250. The van der Waals surface area contributed by atoms with E-state index in [0.29, 0.717) is 0 Å². The summed E-state index contributed by atoms with van der Waals surface area (Å²) in [6.45, 7) is 3.12. The van der Waals surface area contributed by atoms with Crippen molar-refractivity contribution in [2.45, 2.75) is 24.8 Å². The van der Waals surface area contributed by atoms with E-state index in [1.807, 2.05) is 30.3 Å². The Hall–Kier alpha value is -0.730. The summed E-state index contributed by atoms with van der Waals surface area (Å²) in [7, 11) is 0. The number of benzene rings is 1. The van der Waals surface area contributed by atoms with E-state index in [1.54, 1.807) is 0 Å². The highest BCUT2D eigenvalue weighted by Gasteiger charge is 2.15. The molecule has 0 bridgehead atoms. The molecule has 0 aliphatic carbocycles. The molecular formula is C13H18ClNO. The summed E-state index contributed by atoms with van der Waals surface area (Å²) >= 11 is 6.18. The van der Waals surface area contributed by atoms with Gasteiger partial charge in [-0.15, -0.1) is 0 Å². The minimum absolute atomic E-state index is 0.250. The number of hydrogen-bond acceptors (Lipinski definition) is 2. The van der Waals surface area contributed by atoms with Gasteiger partial charge in [0.2, 0.25) is 0 Å². The third-order valence-corrected chi connectivity index (χ3v) is 3.08. The van der Waals surface area contributed by atoms with Crippen LogP contribution in [0.4, 0.5) is 0 Å². The van der Waals surface area contributed by atoms with Gasteiger partial charge in [0.05, 0.1) is 0 Å². The molecule has 1 heterocycles. The topological polar surface area (TPSA) is 12.5 Å². The van der Waals surface area contributed by atoms with Crippen LogP contribution < -0.4 is 4.74 Å². The Bertz CT molecular complexity index is 298. The Morgan fingerprint density at radius 3 is 2.50 bits per heavy atom. The second-order valence-electron chi connectivity index (χ2n) is 4.20. The Morgan fingerprint density at radius 2 is 1.81 bits per heavy atom. The van der Waals surface area contributed by atoms with Crippen molar-refractivity contribution in [3.8, 4) is 5.75 Å². The highest BCUT2D eigenvalue weighted by atomic mass is 35.5. The largest absolute Gasteiger partial charge is 0.473 e. The summed E-state index contributed by atoms with van der Waals surface area (Å²) in [6.07, 6.45) is 3.92. The molecule has 1 aliphatic rings. The SMILES string of the molecule is ClC(CN1CCCCC1)Oc1ccccc1. The van der Waals surface area contributed by atoms with Crippen LogP contribution in [-0.2, 0) is 0 Å². The highest BCUT2D eigenvalue weighted by Crippen LogP contribution is 2.15. The third kappa shape index (κ3) is 3.69. The molecule has 0 aromatic heterocycles. The number of hydrogen-bond donors (Lipinski definition) is 0. The normalized spacial score (nSPS) is 19.3. The maximum absolute atomic E-state index is 6.18. The Morgan fingerprint density at radius 1 is 1.12 bits per heavy atom. The standard InChI is InChI=1S/C13H18ClNO/c14-13(11-15-9-5-2-6-10-15)16-12-7-3-1-4-8-12/h1,3-4,7-8,13H,2,5-6,9-11H2. The van der Waals surface area contributed by atoms with Gasteiger partial charge in [-0.3, -0.25) is 4.90 Å². The molecule has 3 heteroatoms. The third-order valence-electron chi connectivity index (χ3n) is 2.86. The zero-order valence-corrected chi connectivity index (χ0v) is 10.2. The first kappa shape index (κ1) is 11.7. The van der Waals surface area contributed by atoms with E-state index in [9.17, 15) is 0 Å². The number of rotatable bonds is 4. The molecule has 0 amide bonds. The van der Waals surface area contributed by atoms with E-state index < -0.39 is 0 Å². The molecule has 88 valence electrons. The lowest BCUT2D eigenvalue weighted by Crippen LogP contribution is -2.36. The molecule has 2 rings (SSSR count). The van der Waals surface area contributed by atoms with Crippen LogP contribution in [0.1, 0.15) is 19.3 Å². The number of nitrogens with zero attached hydrogens (tertiary/aromatic N) is 1. The van der Waals surface area contributed by atoms with Gasteiger partial charge in [0.1, 0.15) is 5.75 Å². The van der Waals surface area contributed by atoms with Gasteiger partial charge in [-0.2, -0.15) is 0 Å². The second-order valence-corrected chi connectivity index (χ2v) is 4.69. The second kappa shape index (κ2) is 6.12. The van der Waals surface area contributed by atoms with Gasteiger partial charge in [0, 0.05) is 6.54 Å². The molecule has 16 heavy (non-hydrogen) atoms. The summed E-state index contributed by atoms with van der Waals surface area (Å²) in [6, 6.07) is 9.76. The number of likely N-dealkylation sites (tertiary alicyclic amines) is 1. The molecule has 1 aliphatic heterocycles. The van der Waals surface area contributed by atoms with Gasteiger partial charge in [-0.05, 0) is 38.1 Å². The molecule has 1 aromatic rings. The van der Waals surface area contributed by atoms with E-state index in [2.05, 4.69) is 4.90 Å². The van der Waals surface area contributed by atoms with E-state index in [0.717, 1.165) is 25.4 Å². The van der Waals surface area contributed by atoms with Crippen molar-refractivity contribution in [2.24, 2.45) is 0 Å². The summed E-state index contributed by atoms with van der Waals surface area (Å²) in [5, 5.41) is 0. The number of ether oxygens (including phenoxy) is 1. The quantitative estimate of drug-likeness (QED) is 0.749. The van der Waals surface area contributed by atoms with E-state index in [4.69, 9.17) is 16.3 Å². The van der Waals surface area contributed by atoms with Crippen molar-refractivity contribution in [3.05, 3.63) is 30.3 Å². The highest BCUT2D eigenvalue weighted by molar-refractivity contribution is 6.20. The predicted molar refractivity (Wildman–Crippen MR) is 67.0 cm³/mol. The van der Waals surface area contributed by atoms with Crippen molar-refractivity contribution in [2.75, 3.05) is 19.6 Å². The van der Waals surface area contributed by atoms with E-state index in [1.165, 1.54) is 19.3 Å². The lowest BCUT2D eigenvalue weighted by atomic mass is 10.1. The number of para-hydroxylation sites is 1. The maximum Gasteiger partial charge on any atom is 0.184 e. The van der Waals surface area contributed by atoms with Crippen molar-refractivity contribution < 1.29 is 4.74 Å². The molecule has 1 fully saturated rings. The average Bonchev–Trinajstić information content (AvgIpc) is 2.31. The summed E-state index contributed by atoms with van der Waals surface area (Å²) in [5.74, 6) is 0.847. The smallest absolute Gasteiger partial charge is 0.184 e. The zero-order valence-electron chi connectivity index (χ0n) is 9.44. The molecule has 0 radical (unpaired) electrons. The lowest BCUT2D eigenvalue weighted by molar-refractivity contribution is 0.163. The fourth-order valence-corrected chi connectivity index (χ4v) is 2.33. The van der Waals surface area contributed by atoms with Crippen molar-refractivity contribution in [1.29, 1.82) is 0 Å². The molecule has 1 saturated heterocycles. The fourth-order valence-electron chi connectivity index (χ4n) is 2.03. The van der Waals surface area contributed by atoms with Gasteiger partial charge in [-0.1, -0.05) is 36.2 Å². The molecule has 2 nitrogen and oxygen atoms in total. The molecule has 0 saturated carbocycles. The van der Waals surface area contributed by atoms with Crippen LogP contribution in [0.15, 0.2) is 30.3 Å². The summed E-state index contributed by atoms with van der Waals surface area (Å²) < 4.78 is 5.64. The van der Waals surface area contributed by atoms with Gasteiger partial charge in [0.25, 0.3) is 0 Å². The Labute approximate surface area is 102 Å². The monoisotopic (exact) mass is 239 g/mol. The molecular weight excluding hydrogens is 222 g/mol. The van der Waals surface area contributed by atoms with Crippen LogP contribution in [0.25, 0.3) is 0 Å². The van der Waals surface area contributed by atoms with Gasteiger partial charge in [-0.25, -0.2) is 0 Å². The van der Waals surface area contributed by atoms with Crippen LogP contribution in [0.2, 0.25) is 0 Å². The minimum Gasteiger partial charge on any atom is -0.473 e. The van der Waals surface area contributed by atoms with Crippen molar-refractivity contribution in [1.82, 2.24) is 4.90 Å². The number of piperidine rings is 1. The Balaban J connectivity index is 1.77. The first-order chi connectivity index (χ1) is 7.84. The Kier molecular flexibility index (Phi) is 4.49. The molecule has 0 N–H and O–H groups in total. The molecule has 1 aromatic carbocycles. The average molecular weight is 240 g/mol. The molecule has 0 spiro atoms. The predicted octanol–water partition coefficient (Wildman–Crippen LogP) is 3.12. The summed E-state index contributed by atoms with van der Waals surface area (Å²) in [5.41, 5.74) is -0.250. The van der Waals surface area contributed by atoms with Crippen LogP contribution in [-0.4, -0.2) is 30.1 Å². The van der Waals surface area contributed by atoms with Crippen molar-refractivity contribution >= 4 is 11.6 Å². The first-order valence-electron chi connectivity index (χ1n) is 5.93. The van der Waals surface area contributed by atoms with Crippen molar-refractivity contribution in [3.63, 3.8) is 0 Å². The lowest BCUT2D eigenvalue weighted by Gasteiger charge is -2.28. The van der Waals surface area contributed by atoms with Gasteiger partial charge < -0.3 is 4.74 Å². The van der Waals surface area contributed by atoms with Gasteiger partial charge in [0.15, 0.2) is 5.56 Å². The number of alkyl halides is 1. The van der Waals surface area contributed by atoms with E-state index >= 15 is 0 Å². The number of halogens is 1.